The molecule has 0 unspecified atom stereocenters. The standard InChI is InChI=1S/C14H16N2O2/c1-10-4-12(8-17)5-11(2)14(10)18-9-13-6-15-16(3)7-13/h4-8H,9H2,1-3H3. The summed E-state index contributed by atoms with van der Waals surface area (Å²) in [7, 11) is 1.87. The van der Waals surface area contributed by atoms with Crippen molar-refractivity contribution in [1.82, 2.24) is 9.78 Å². The highest BCUT2D eigenvalue weighted by Gasteiger charge is 2.07. The number of aryl methyl sites for hydroxylation is 3. The van der Waals surface area contributed by atoms with Gasteiger partial charge >= 0.3 is 0 Å². The van der Waals surface area contributed by atoms with Crippen LogP contribution in [0, 0.1) is 13.8 Å². The first-order valence-electron chi connectivity index (χ1n) is 5.77. The largest absolute Gasteiger partial charge is 0.488 e. The minimum absolute atomic E-state index is 0.482. The lowest BCUT2D eigenvalue weighted by atomic mass is 10.1. The molecule has 0 amide bonds. The first-order valence-corrected chi connectivity index (χ1v) is 5.77. The van der Waals surface area contributed by atoms with Crippen molar-refractivity contribution < 1.29 is 9.53 Å². The van der Waals surface area contributed by atoms with Crippen LogP contribution in [0.25, 0.3) is 0 Å². The van der Waals surface area contributed by atoms with Crippen LogP contribution >= 0.6 is 0 Å². The predicted molar refractivity (Wildman–Crippen MR) is 68.8 cm³/mol. The van der Waals surface area contributed by atoms with Crippen molar-refractivity contribution in [2.45, 2.75) is 20.5 Å². The Morgan fingerprint density at radius 2 is 2.00 bits per heavy atom. The molecule has 0 N–H and O–H groups in total. The molecule has 0 aliphatic heterocycles. The summed E-state index contributed by atoms with van der Waals surface area (Å²) in [6, 6.07) is 3.66. The molecule has 0 saturated carbocycles. The van der Waals surface area contributed by atoms with Gasteiger partial charge in [-0.2, -0.15) is 5.10 Å². The summed E-state index contributed by atoms with van der Waals surface area (Å²) in [5.41, 5.74) is 3.65. The molecule has 4 heteroatoms. The van der Waals surface area contributed by atoms with Gasteiger partial charge in [-0.1, -0.05) is 0 Å². The van der Waals surface area contributed by atoms with E-state index in [4.69, 9.17) is 4.74 Å². The maximum absolute atomic E-state index is 10.8. The number of benzene rings is 1. The number of nitrogens with zero attached hydrogens (tertiary/aromatic N) is 2. The highest BCUT2D eigenvalue weighted by molar-refractivity contribution is 5.76. The topological polar surface area (TPSA) is 44.1 Å². The summed E-state index contributed by atoms with van der Waals surface area (Å²) in [5, 5.41) is 4.09. The van der Waals surface area contributed by atoms with Crippen LogP contribution in [0.4, 0.5) is 0 Å². The number of aldehydes is 1. The molecule has 0 spiro atoms. The zero-order valence-electron chi connectivity index (χ0n) is 10.8. The molecule has 18 heavy (non-hydrogen) atoms. The summed E-state index contributed by atoms with van der Waals surface area (Å²) in [6.45, 7) is 4.37. The molecule has 0 atom stereocenters. The number of carbonyl (C=O) groups is 1. The molecule has 4 nitrogen and oxygen atoms in total. The van der Waals surface area contributed by atoms with E-state index >= 15 is 0 Å². The molecule has 0 aliphatic carbocycles. The van der Waals surface area contributed by atoms with Crippen molar-refractivity contribution in [3.05, 3.63) is 46.8 Å². The third-order valence-corrected chi connectivity index (χ3v) is 2.76. The van der Waals surface area contributed by atoms with Gasteiger partial charge in [0.25, 0.3) is 0 Å². The Morgan fingerprint density at radius 1 is 1.33 bits per heavy atom. The van der Waals surface area contributed by atoms with Gasteiger partial charge in [0.2, 0.25) is 0 Å². The first-order chi connectivity index (χ1) is 8.60. The monoisotopic (exact) mass is 244 g/mol. The molecule has 1 heterocycles. The van der Waals surface area contributed by atoms with Crippen molar-refractivity contribution in [2.75, 3.05) is 0 Å². The molecule has 94 valence electrons. The van der Waals surface area contributed by atoms with Crippen LogP contribution in [0.3, 0.4) is 0 Å². The molecule has 0 radical (unpaired) electrons. The number of carbonyl (C=O) groups excluding carboxylic acids is 1. The van der Waals surface area contributed by atoms with Gasteiger partial charge in [0, 0.05) is 24.4 Å². The second-order valence-electron chi connectivity index (χ2n) is 4.41. The Bertz CT molecular complexity index is 550. The van der Waals surface area contributed by atoms with Crippen molar-refractivity contribution in [3.8, 4) is 5.75 Å². The lowest BCUT2D eigenvalue weighted by Gasteiger charge is -2.12. The molecule has 2 rings (SSSR count). The summed E-state index contributed by atoms with van der Waals surface area (Å²) >= 11 is 0. The smallest absolute Gasteiger partial charge is 0.150 e. The minimum Gasteiger partial charge on any atom is -0.488 e. The second-order valence-corrected chi connectivity index (χ2v) is 4.41. The maximum Gasteiger partial charge on any atom is 0.150 e. The number of ether oxygens (including phenoxy) is 1. The van der Waals surface area contributed by atoms with Crippen LogP contribution in [0.1, 0.15) is 27.0 Å². The van der Waals surface area contributed by atoms with Crippen LogP contribution in [0.15, 0.2) is 24.5 Å². The van der Waals surface area contributed by atoms with Crippen LogP contribution < -0.4 is 4.74 Å². The highest BCUT2D eigenvalue weighted by atomic mass is 16.5. The van der Waals surface area contributed by atoms with E-state index in [2.05, 4.69) is 5.10 Å². The molecule has 2 aromatic rings. The average Bonchev–Trinajstić information content (AvgIpc) is 2.73. The molecular weight excluding hydrogens is 228 g/mol. The zero-order chi connectivity index (χ0) is 13.1. The Morgan fingerprint density at radius 3 is 2.50 bits per heavy atom. The van der Waals surface area contributed by atoms with Crippen LogP contribution in [-0.2, 0) is 13.7 Å². The fourth-order valence-electron chi connectivity index (χ4n) is 1.98. The maximum atomic E-state index is 10.8. The van der Waals surface area contributed by atoms with Crippen molar-refractivity contribution >= 4 is 6.29 Å². The van der Waals surface area contributed by atoms with Gasteiger partial charge in [0.1, 0.15) is 18.6 Å². The Hall–Kier alpha value is -2.10. The molecule has 0 fully saturated rings. The van der Waals surface area contributed by atoms with Gasteiger partial charge in [0.15, 0.2) is 0 Å². The second kappa shape index (κ2) is 5.04. The normalized spacial score (nSPS) is 10.4. The van der Waals surface area contributed by atoms with E-state index < -0.39 is 0 Å². The molecule has 0 saturated heterocycles. The van der Waals surface area contributed by atoms with Crippen LogP contribution in [0.2, 0.25) is 0 Å². The van der Waals surface area contributed by atoms with Gasteiger partial charge in [-0.3, -0.25) is 9.48 Å². The van der Waals surface area contributed by atoms with Gasteiger partial charge in [0.05, 0.1) is 6.20 Å². The van der Waals surface area contributed by atoms with Crippen molar-refractivity contribution in [1.29, 1.82) is 0 Å². The molecule has 0 bridgehead atoms. The highest BCUT2D eigenvalue weighted by Crippen LogP contribution is 2.25. The fourth-order valence-corrected chi connectivity index (χ4v) is 1.98. The fraction of sp³-hybridized carbons (Fsp3) is 0.286. The quantitative estimate of drug-likeness (QED) is 0.776. The van der Waals surface area contributed by atoms with Crippen molar-refractivity contribution in [3.63, 3.8) is 0 Å². The third-order valence-electron chi connectivity index (χ3n) is 2.76. The summed E-state index contributed by atoms with van der Waals surface area (Å²) in [5.74, 6) is 0.837. The van der Waals surface area contributed by atoms with E-state index in [0.717, 1.165) is 28.7 Å². The van der Waals surface area contributed by atoms with E-state index in [0.29, 0.717) is 12.2 Å². The summed E-state index contributed by atoms with van der Waals surface area (Å²) in [6.07, 6.45) is 4.56. The predicted octanol–water partition coefficient (Wildman–Crippen LogP) is 2.43. The lowest BCUT2D eigenvalue weighted by molar-refractivity contribution is 0.112. The molecule has 0 aliphatic rings. The number of hydrogen-bond donors (Lipinski definition) is 0. The SMILES string of the molecule is Cc1cc(C=O)cc(C)c1OCc1cnn(C)c1. The van der Waals surface area contributed by atoms with Gasteiger partial charge in [-0.15, -0.1) is 0 Å². The van der Waals surface area contributed by atoms with Crippen molar-refractivity contribution in [2.24, 2.45) is 7.05 Å². The van der Waals surface area contributed by atoms with Crippen LogP contribution in [0.5, 0.6) is 5.75 Å². The summed E-state index contributed by atoms with van der Waals surface area (Å²) < 4.78 is 7.54. The van der Waals surface area contributed by atoms with E-state index in [9.17, 15) is 4.79 Å². The van der Waals surface area contributed by atoms with Gasteiger partial charge in [-0.05, 0) is 37.1 Å². The van der Waals surface area contributed by atoms with Gasteiger partial charge < -0.3 is 4.74 Å². The molecule has 1 aromatic heterocycles. The van der Waals surface area contributed by atoms with Gasteiger partial charge in [-0.25, -0.2) is 0 Å². The first kappa shape index (κ1) is 12.4. The van der Waals surface area contributed by atoms with E-state index in [1.807, 2.05) is 39.2 Å². The van der Waals surface area contributed by atoms with E-state index in [1.54, 1.807) is 10.9 Å². The minimum atomic E-state index is 0.482. The Kier molecular flexibility index (Phi) is 3.46. The average molecular weight is 244 g/mol. The number of aromatic nitrogens is 2. The molecule has 1 aromatic carbocycles. The van der Waals surface area contributed by atoms with E-state index in [1.165, 1.54) is 0 Å². The lowest BCUT2D eigenvalue weighted by Crippen LogP contribution is -1.99. The zero-order valence-corrected chi connectivity index (χ0v) is 10.8. The number of hydrogen-bond acceptors (Lipinski definition) is 3. The summed E-state index contributed by atoms with van der Waals surface area (Å²) in [4.78, 5) is 10.8. The van der Waals surface area contributed by atoms with E-state index in [-0.39, 0.29) is 0 Å². The number of rotatable bonds is 4. The molecular formula is C14H16N2O2. The third kappa shape index (κ3) is 2.59. The van der Waals surface area contributed by atoms with Crippen LogP contribution in [-0.4, -0.2) is 16.1 Å². The Balaban J connectivity index is 2.16. The Labute approximate surface area is 106 Å².